The number of amides is 1. The fraction of sp³-hybridized carbons (Fsp3) is 0.278. The number of non-ortho nitro benzene ring substituents is 1. The number of nitro benzene ring substituents is 1. The number of nitrogens with zero attached hydrogens (tertiary/aromatic N) is 5. The van der Waals surface area contributed by atoms with E-state index in [2.05, 4.69) is 20.5 Å². The molecule has 0 saturated heterocycles. The largest absolute Gasteiger partial charge is 0.300 e. The molecule has 13 heteroatoms. The highest BCUT2D eigenvalue weighted by Crippen LogP contribution is 2.30. The summed E-state index contributed by atoms with van der Waals surface area (Å²) in [5.74, 6) is 0.499. The molecular weight excluding hydrogens is 460 g/mol. The van der Waals surface area contributed by atoms with Crippen LogP contribution >= 0.6 is 34.9 Å². The summed E-state index contributed by atoms with van der Waals surface area (Å²) in [7, 11) is 0. The summed E-state index contributed by atoms with van der Waals surface area (Å²) in [5, 5.41) is 23.2. The van der Waals surface area contributed by atoms with E-state index in [1.165, 1.54) is 51.9 Å². The molecule has 0 radical (unpaired) electrons. The number of aryl methyl sites for hydroxylation is 2. The molecule has 0 aliphatic carbocycles. The molecule has 2 aromatic heterocycles. The lowest BCUT2D eigenvalue weighted by molar-refractivity contribution is -0.384. The number of fused-ring (bicyclic) bond motifs is 1. The molecule has 0 saturated carbocycles. The Labute approximate surface area is 188 Å². The van der Waals surface area contributed by atoms with Crippen molar-refractivity contribution in [1.82, 2.24) is 19.7 Å². The monoisotopic (exact) mass is 476 g/mol. The highest BCUT2D eigenvalue weighted by Gasteiger charge is 2.23. The van der Waals surface area contributed by atoms with Gasteiger partial charge in [0.2, 0.25) is 11.0 Å². The van der Waals surface area contributed by atoms with Crippen LogP contribution in [0.4, 0.5) is 10.8 Å². The number of hydrogen-bond acceptors (Lipinski definition) is 10. The van der Waals surface area contributed by atoms with Crippen molar-refractivity contribution in [2.45, 2.75) is 29.8 Å². The zero-order valence-electron chi connectivity index (χ0n) is 16.2. The molecule has 0 fully saturated rings. The summed E-state index contributed by atoms with van der Waals surface area (Å²) >= 11 is 3.88. The minimum atomic E-state index is -0.499. The van der Waals surface area contributed by atoms with Gasteiger partial charge in [-0.1, -0.05) is 30.0 Å². The number of anilines is 1. The molecule has 1 N–H and O–H groups in total. The summed E-state index contributed by atoms with van der Waals surface area (Å²) in [6.45, 7) is 1.96. The van der Waals surface area contributed by atoms with Crippen molar-refractivity contribution < 1.29 is 9.72 Å². The maximum atomic E-state index is 13.1. The fourth-order valence-electron chi connectivity index (χ4n) is 2.87. The van der Waals surface area contributed by atoms with Crippen LogP contribution in [0.25, 0.3) is 5.69 Å². The Morgan fingerprint density at radius 2 is 2.10 bits per heavy atom. The number of carbonyl (C=O) groups is 1. The third-order valence-electron chi connectivity index (χ3n) is 4.33. The summed E-state index contributed by atoms with van der Waals surface area (Å²) in [6.07, 6.45) is 1.42. The first kappa shape index (κ1) is 21.5. The minimum Gasteiger partial charge on any atom is -0.300 e. The van der Waals surface area contributed by atoms with Crippen molar-refractivity contribution in [2.75, 3.05) is 16.8 Å². The zero-order chi connectivity index (χ0) is 22.0. The summed E-state index contributed by atoms with van der Waals surface area (Å²) in [5.41, 5.74) is 0.865. The predicted molar refractivity (Wildman–Crippen MR) is 120 cm³/mol. The number of nitrogens with one attached hydrogen (secondary N) is 1. The third-order valence-corrected chi connectivity index (χ3v) is 7.36. The van der Waals surface area contributed by atoms with Gasteiger partial charge in [-0.25, -0.2) is 4.98 Å². The average Bonchev–Trinajstić information content (AvgIpc) is 3.42. The Bertz CT molecular complexity index is 1210. The van der Waals surface area contributed by atoms with Gasteiger partial charge in [-0.05, 0) is 18.6 Å². The van der Waals surface area contributed by atoms with E-state index >= 15 is 0 Å². The summed E-state index contributed by atoms with van der Waals surface area (Å²) in [6, 6.07) is 5.68. The summed E-state index contributed by atoms with van der Waals surface area (Å²) in [4.78, 5) is 41.1. The highest BCUT2D eigenvalue weighted by molar-refractivity contribution is 8.00. The molecule has 0 unspecified atom stereocenters. The van der Waals surface area contributed by atoms with E-state index in [1.807, 2.05) is 6.92 Å². The van der Waals surface area contributed by atoms with Crippen LogP contribution in [0.2, 0.25) is 0 Å². The number of thioether (sulfide) groups is 2. The average molecular weight is 477 g/mol. The van der Waals surface area contributed by atoms with Gasteiger partial charge in [-0.2, -0.15) is 0 Å². The fourth-order valence-corrected chi connectivity index (χ4v) is 5.42. The van der Waals surface area contributed by atoms with E-state index in [4.69, 9.17) is 0 Å². The van der Waals surface area contributed by atoms with Crippen LogP contribution in [0.5, 0.6) is 0 Å². The van der Waals surface area contributed by atoms with Crippen LogP contribution < -0.4 is 10.9 Å². The standard InChI is InChI=1S/C18H16N6O4S3/c1-2-14-21-22-17(31-14)20-13(25)9-30-18-19-12-7-8-29-15(12)16(26)23(18)10-3-5-11(6-4-10)24(27)28/h3-6H,2,7-9H2,1H3,(H,20,22,25). The maximum Gasteiger partial charge on any atom is 0.272 e. The third kappa shape index (κ3) is 4.62. The van der Waals surface area contributed by atoms with Crippen molar-refractivity contribution in [3.05, 3.63) is 55.4 Å². The molecule has 0 spiro atoms. The molecule has 0 bridgehead atoms. The van der Waals surface area contributed by atoms with Crippen molar-refractivity contribution in [1.29, 1.82) is 0 Å². The first-order chi connectivity index (χ1) is 15.0. The van der Waals surface area contributed by atoms with Crippen LogP contribution in [0, 0.1) is 10.1 Å². The van der Waals surface area contributed by atoms with Crippen LogP contribution in [-0.4, -0.2) is 42.1 Å². The number of hydrogen-bond donors (Lipinski definition) is 1. The Morgan fingerprint density at radius 3 is 2.77 bits per heavy atom. The molecule has 4 rings (SSSR count). The molecular formula is C18H16N6O4S3. The smallest absolute Gasteiger partial charge is 0.272 e. The quantitative estimate of drug-likeness (QED) is 0.236. The number of rotatable bonds is 7. The second-order valence-electron chi connectivity index (χ2n) is 6.37. The molecule has 0 atom stereocenters. The van der Waals surface area contributed by atoms with Crippen molar-refractivity contribution >= 4 is 51.6 Å². The highest BCUT2D eigenvalue weighted by atomic mass is 32.2. The lowest BCUT2D eigenvalue weighted by Gasteiger charge is -2.13. The SMILES string of the molecule is CCc1nnc(NC(=O)CSc2nc3c(c(=O)n2-c2ccc([N+](=O)[O-])cc2)SCC3)s1. The topological polar surface area (TPSA) is 133 Å². The molecule has 31 heavy (non-hydrogen) atoms. The first-order valence-corrected chi connectivity index (χ1v) is 12.0. The van der Waals surface area contributed by atoms with Gasteiger partial charge in [0.1, 0.15) is 5.01 Å². The molecule has 1 amide bonds. The lowest BCUT2D eigenvalue weighted by atomic mass is 10.2. The van der Waals surface area contributed by atoms with Gasteiger partial charge in [0, 0.05) is 24.3 Å². The van der Waals surface area contributed by atoms with E-state index < -0.39 is 4.92 Å². The summed E-state index contributed by atoms with van der Waals surface area (Å²) < 4.78 is 1.40. The molecule has 3 heterocycles. The molecule has 3 aromatic rings. The van der Waals surface area contributed by atoms with E-state index in [-0.39, 0.29) is 22.9 Å². The van der Waals surface area contributed by atoms with Crippen LogP contribution in [-0.2, 0) is 17.6 Å². The van der Waals surface area contributed by atoms with E-state index in [9.17, 15) is 19.7 Å². The molecule has 1 aromatic carbocycles. The second kappa shape index (κ2) is 9.16. The number of benzene rings is 1. The Morgan fingerprint density at radius 1 is 1.32 bits per heavy atom. The van der Waals surface area contributed by atoms with Gasteiger partial charge in [0.05, 0.1) is 27.0 Å². The number of carbonyl (C=O) groups excluding carboxylic acids is 1. The Balaban J connectivity index is 1.60. The van der Waals surface area contributed by atoms with Crippen LogP contribution in [0.1, 0.15) is 17.6 Å². The molecule has 160 valence electrons. The van der Waals surface area contributed by atoms with E-state index in [0.717, 1.165) is 28.9 Å². The van der Waals surface area contributed by atoms with E-state index in [0.29, 0.717) is 33.0 Å². The van der Waals surface area contributed by atoms with Gasteiger partial charge < -0.3 is 0 Å². The van der Waals surface area contributed by atoms with Crippen LogP contribution in [0.3, 0.4) is 0 Å². The van der Waals surface area contributed by atoms with Gasteiger partial charge in [-0.15, -0.1) is 22.0 Å². The molecule has 1 aliphatic rings. The van der Waals surface area contributed by atoms with Gasteiger partial charge >= 0.3 is 0 Å². The molecule has 1 aliphatic heterocycles. The maximum absolute atomic E-state index is 13.1. The van der Waals surface area contributed by atoms with Gasteiger partial charge in [0.15, 0.2) is 5.16 Å². The Kier molecular flexibility index (Phi) is 6.34. The Hall–Kier alpha value is -2.77. The van der Waals surface area contributed by atoms with Crippen molar-refractivity contribution in [2.24, 2.45) is 0 Å². The predicted octanol–water partition coefficient (Wildman–Crippen LogP) is 2.93. The van der Waals surface area contributed by atoms with Crippen molar-refractivity contribution in [3.63, 3.8) is 0 Å². The van der Waals surface area contributed by atoms with Crippen LogP contribution in [0.15, 0.2) is 39.1 Å². The first-order valence-electron chi connectivity index (χ1n) is 9.25. The van der Waals surface area contributed by atoms with Gasteiger partial charge in [-0.3, -0.25) is 29.6 Å². The number of aromatic nitrogens is 4. The van der Waals surface area contributed by atoms with E-state index in [1.54, 1.807) is 0 Å². The van der Waals surface area contributed by atoms with Gasteiger partial charge in [0.25, 0.3) is 11.2 Å². The molecule has 10 nitrogen and oxygen atoms in total. The minimum absolute atomic E-state index is 0.0202. The zero-order valence-corrected chi connectivity index (χ0v) is 18.7. The lowest BCUT2D eigenvalue weighted by Crippen LogP contribution is -2.24. The second-order valence-corrected chi connectivity index (χ2v) is 9.48. The van der Waals surface area contributed by atoms with Crippen molar-refractivity contribution in [3.8, 4) is 5.69 Å². The normalized spacial score (nSPS) is 12.5. The number of nitro groups is 1.